The number of hydrogen-bond donors (Lipinski definition) is 1. The van der Waals surface area contributed by atoms with Crippen LogP contribution in [-0.2, 0) is 0 Å². The minimum atomic E-state index is 0.701. The Kier molecular flexibility index (Phi) is 4.23. The molecule has 3 aromatic rings. The van der Waals surface area contributed by atoms with Crippen molar-refractivity contribution in [2.75, 3.05) is 0 Å². The molecule has 0 aliphatic heterocycles. The van der Waals surface area contributed by atoms with E-state index in [9.17, 15) is 0 Å². The van der Waals surface area contributed by atoms with Crippen molar-refractivity contribution in [3.05, 3.63) is 75.6 Å². The highest BCUT2D eigenvalue weighted by Crippen LogP contribution is 2.26. The van der Waals surface area contributed by atoms with Gasteiger partial charge in [-0.05, 0) is 29.8 Å². The van der Waals surface area contributed by atoms with Gasteiger partial charge in [0.1, 0.15) is 5.82 Å². The summed E-state index contributed by atoms with van der Waals surface area (Å²) in [4.78, 5) is 7.69. The lowest BCUT2D eigenvalue weighted by molar-refractivity contribution is 1.27. The van der Waals surface area contributed by atoms with Gasteiger partial charge in [0.15, 0.2) is 0 Å². The van der Waals surface area contributed by atoms with Crippen LogP contribution in [0.1, 0.15) is 11.4 Å². The molecule has 0 saturated heterocycles. The summed E-state index contributed by atoms with van der Waals surface area (Å²) in [5.41, 5.74) is 2.89. The normalized spacial score (nSPS) is 11.1. The summed E-state index contributed by atoms with van der Waals surface area (Å²) in [7, 11) is 0. The molecule has 4 heteroatoms. The molecule has 2 aromatic carbocycles. The Morgan fingerprint density at radius 2 is 1.76 bits per heavy atom. The Labute approximate surface area is 136 Å². The first-order valence-electron chi connectivity index (χ1n) is 6.46. The molecule has 0 unspecified atom stereocenters. The first kappa shape index (κ1) is 14.1. The fourth-order valence-electron chi connectivity index (χ4n) is 1.98. The van der Waals surface area contributed by atoms with Crippen molar-refractivity contribution < 1.29 is 0 Å². The smallest absolute Gasteiger partial charge is 0.130 e. The summed E-state index contributed by atoms with van der Waals surface area (Å²) in [6.45, 7) is 0. The highest BCUT2D eigenvalue weighted by molar-refractivity contribution is 9.10. The predicted octanol–water partition coefficient (Wildman–Crippen LogP) is 5.66. The topological polar surface area (TPSA) is 28.7 Å². The Balaban J connectivity index is 1.82. The third kappa shape index (κ3) is 3.43. The van der Waals surface area contributed by atoms with Gasteiger partial charge < -0.3 is 4.98 Å². The van der Waals surface area contributed by atoms with Crippen LogP contribution in [0, 0.1) is 0 Å². The number of hydrogen-bond acceptors (Lipinski definition) is 1. The van der Waals surface area contributed by atoms with E-state index in [0.717, 1.165) is 27.1 Å². The fourth-order valence-corrected chi connectivity index (χ4v) is 2.47. The van der Waals surface area contributed by atoms with Crippen molar-refractivity contribution in [2.45, 2.75) is 0 Å². The van der Waals surface area contributed by atoms with Crippen molar-refractivity contribution in [1.29, 1.82) is 0 Å². The lowest BCUT2D eigenvalue weighted by Gasteiger charge is -1.98. The molecule has 0 atom stereocenters. The van der Waals surface area contributed by atoms with Gasteiger partial charge in [0, 0.05) is 16.2 Å². The van der Waals surface area contributed by atoms with Crippen LogP contribution in [-0.4, -0.2) is 9.97 Å². The van der Waals surface area contributed by atoms with E-state index in [0.29, 0.717) is 5.02 Å². The molecule has 0 radical (unpaired) electrons. The van der Waals surface area contributed by atoms with Crippen LogP contribution in [0.5, 0.6) is 0 Å². The summed E-state index contributed by atoms with van der Waals surface area (Å²) in [6.07, 6.45) is 5.83. The van der Waals surface area contributed by atoms with Gasteiger partial charge in [0.2, 0.25) is 0 Å². The third-order valence-electron chi connectivity index (χ3n) is 3.05. The minimum Gasteiger partial charge on any atom is -0.344 e. The highest BCUT2D eigenvalue weighted by atomic mass is 79.9. The van der Waals surface area contributed by atoms with Crippen LogP contribution in [0.15, 0.2) is 59.2 Å². The number of imidazole rings is 1. The summed E-state index contributed by atoms with van der Waals surface area (Å²) in [6, 6.07) is 15.8. The van der Waals surface area contributed by atoms with Crippen LogP contribution in [0.4, 0.5) is 0 Å². The molecule has 0 aliphatic rings. The van der Waals surface area contributed by atoms with Crippen molar-refractivity contribution >= 4 is 39.7 Å². The molecule has 0 spiro atoms. The van der Waals surface area contributed by atoms with Crippen molar-refractivity contribution in [1.82, 2.24) is 9.97 Å². The molecule has 21 heavy (non-hydrogen) atoms. The van der Waals surface area contributed by atoms with E-state index in [4.69, 9.17) is 11.6 Å². The second-order valence-electron chi connectivity index (χ2n) is 4.54. The van der Waals surface area contributed by atoms with Gasteiger partial charge in [-0.25, -0.2) is 4.98 Å². The summed E-state index contributed by atoms with van der Waals surface area (Å²) in [5.74, 6) is 0.799. The minimum absolute atomic E-state index is 0.701. The highest BCUT2D eigenvalue weighted by Gasteiger charge is 2.05. The molecule has 0 saturated carbocycles. The lowest BCUT2D eigenvalue weighted by Crippen LogP contribution is -1.79. The maximum absolute atomic E-state index is 6.18. The third-order valence-corrected chi connectivity index (χ3v) is 3.91. The molecular formula is C17H12BrClN2. The molecular weight excluding hydrogens is 348 g/mol. The zero-order valence-electron chi connectivity index (χ0n) is 11.1. The van der Waals surface area contributed by atoms with Gasteiger partial charge in [-0.3, -0.25) is 0 Å². The number of aromatic amines is 1. The van der Waals surface area contributed by atoms with Crippen LogP contribution in [0.2, 0.25) is 5.02 Å². The van der Waals surface area contributed by atoms with Gasteiger partial charge in [-0.2, -0.15) is 0 Å². The van der Waals surface area contributed by atoms with Crippen LogP contribution in [0.25, 0.3) is 23.4 Å². The molecule has 104 valence electrons. The molecule has 1 N–H and O–H groups in total. The zero-order chi connectivity index (χ0) is 14.7. The van der Waals surface area contributed by atoms with E-state index in [2.05, 4.69) is 25.9 Å². The molecule has 0 bridgehead atoms. The number of nitrogens with zero attached hydrogens (tertiary/aromatic N) is 1. The van der Waals surface area contributed by atoms with Crippen molar-refractivity contribution in [3.8, 4) is 11.3 Å². The molecule has 1 heterocycles. The van der Waals surface area contributed by atoms with Gasteiger partial charge in [0.05, 0.1) is 10.7 Å². The average molecular weight is 360 g/mol. The van der Waals surface area contributed by atoms with E-state index >= 15 is 0 Å². The van der Waals surface area contributed by atoms with Crippen LogP contribution in [0.3, 0.4) is 0 Å². The van der Waals surface area contributed by atoms with Gasteiger partial charge >= 0.3 is 0 Å². The molecule has 0 fully saturated rings. The van der Waals surface area contributed by atoms with Gasteiger partial charge in [-0.1, -0.05) is 63.9 Å². The lowest BCUT2D eigenvalue weighted by atomic mass is 10.2. The Morgan fingerprint density at radius 3 is 2.52 bits per heavy atom. The van der Waals surface area contributed by atoms with Gasteiger partial charge in [-0.15, -0.1) is 0 Å². The summed E-state index contributed by atoms with van der Waals surface area (Å²) < 4.78 is 1.07. The second kappa shape index (κ2) is 6.29. The van der Waals surface area contributed by atoms with E-state index < -0.39 is 0 Å². The molecule has 0 aliphatic carbocycles. The quantitative estimate of drug-likeness (QED) is 0.642. The van der Waals surface area contributed by atoms with E-state index in [1.807, 2.05) is 66.9 Å². The largest absolute Gasteiger partial charge is 0.344 e. The average Bonchev–Trinajstić information content (AvgIpc) is 2.96. The Morgan fingerprint density at radius 1 is 1.00 bits per heavy atom. The van der Waals surface area contributed by atoms with Crippen molar-refractivity contribution in [2.24, 2.45) is 0 Å². The summed E-state index contributed by atoms with van der Waals surface area (Å²) in [5, 5.41) is 0.701. The number of nitrogens with one attached hydrogen (secondary N) is 1. The standard InChI is InChI=1S/C17H12BrClN2/c18-13-8-5-12(6-9-13)7-10-17-20-11-16(21-17)14-3-1-2-4-15(14)19/h1-11H,(H,20,21)/b10-7+. The van der Waals surface area contributed by atoms with Crippen LogP contribution < -0.4 is 0 Å². The number of halogens is 2. The maximum Gasteiger partial charge on any atom is 0.130 e. The molecule has 1 aromatic heterocycles. The molecule has 0 amide bonds. The maximum atomic E-state index is 6.18. The van der Waals surface area contributed by atoms with Crippen molar-refractivity contribution in [3.63, 3.8) is 0 Å². The molecule has 3 rings (SSSR count). The second-order valence-corrected chi connectivity index (χ2v) is 5.86. The van der Waals surface area contributed by atoms with E-state index in [1.54, 1.807) is 0 Å². The Bertz CT molecular complexity index is 775. The number of benzene rings is 2. The molecule has 2 nitrogen and oxygen atoms in total. The number of aromatic nitrogens is 2. The summed E-state index contributed by atoms with van der Waals surface area (Å²) >= 11 is 9.60. The van der Waals surface area contributed by atoms with E-state index in [-0.39, 0.29) is 0 Å². The SMILES string of the molecule is Clc1ccccc1-c1c[nH]c(/C=C/c2ccc(Br)cc2)n1. The van der Waals surface area contributed by atoms with Gasteiger partial charge in [0.25, 0.3) is 0 Å². The first-order chi connectivity index (χ1) is 10.2. The number of H-pyrrole nitrogens is 1. The monoisotopic (exact) mass is 358 g/mol. The van der Waals surface area contributed by atoms with E-state index in [1.165, 1.54) is 0 Å². The Hall–Kier alpha value is -1.84. The zero-order valence-corrected chi connectivity index (χ0v) is 13.4. The van der Waals surface area contributed by atoms with Crippen LogP contribution >= 0.6 is 27.5 Å². The fraction of sp³-hybridized carbons (Fsp3) is 0. The number of rotatable bonds is 3. The first-order valence-corrected chi connectivity index (χ1v) is 7.63. The predicted molar refractivity (Wildman–Crippen MR) is 92.1 cm³/mol.